The van der Waals surface area contributed by atoms with Crippen LogP contribution in [0.3, 0.4) is 0 Å². The normalized spacial score (nSPS) is 46.6. The van der Waals surface area contributed by atoms with E-state index in [4.69, 9.17) is 37.9 Å². The smallest absolute Gasteiger partial charge is 0.457 e. The molecule has 5 aliphatic heterocycles. The second kappa shape index (κ2) is 13.9. The van der Waals surface area contributed by atoms with Crippen LogP contribution in [0.25, 0.3) is 0 Å². The first kappa shape index (κ1) is 36.0. The molecular weight excluding hydrogens is 614 g/mol. The summed E-state index contributed by atoms with van der Waals surface area (Å²) in [5, 5.41) is 0. The van der Waals surface area contributed by atoms with Gasteiger partial charge in [-0.3, -0.25) is 19.3 Å². The molecule has 0 aliphatic carbocycles. The number of carbonyl (C=O) groups is 4. The van der Waals surface area contributed by atoms with E-state index in [1.54, 1.807) is 13.8 Å². The molecule has 0 N–H and O–H groups in total. The van der Waals surface area contributed by atoms with E-state index < -0.39 is 83.9 Å². The minimum Gasteiger partial charge on any atom is -0.457 e. The zero-order chi connectivity index (χ0) is 34.4. The van der Waals surface area contributed by atoms with E-state index in [1.807, 2.05) is 27.7 Å². The Morgan fingerprint density at radius 2 is 1.70 bits per heavy atom. The van der Waals surface area contributed by atoms with Gasteiger partial charge < -0.3 is 37.9 Å². The molecule has 5 unspecified atom stereocenters. The Hall–Kier alpha value is -2.32. The third-order valence-electron chi connectivity index (χ3n) is 11.0. The number of morpholine rings is 1. The number of ether oxygens (including phenoxy) is 8. The van der Waals surface area contributed by atoms with Gasteiger partial charge in [0.25, 0.3) is 0 Å². The van der Waals surface area contributed by atoms with E-state index in [2.05, 4.69) is 11.8 Å². The summed E-state index contributed by atoms with van der Waals surface area (Å²) in [4.78, 5) is 54.9. The number of fused-ring (bicyclic) bond motifs is 2. The number of hydrogen-bond donors (Lipinski definition) is 0. The summed E-state index contributed by atoms with van der Waals surface area (Å²) in [5.74, 6) is -4.06. The zero-order valence-corrected chi connectivity index (χ0v) is 29.2. The lowest BCUT2D eigenvalue weighted by Gasteiger charge is -2.48. The molecule has 5 heterocycles. The number of carbonyl (C=O) groups excluding carboxylic acids is 4. The zero-order valence-electron chi connectivity index (χ0n) is 29.2. The van der Waals surface area contributed by atoms with Crippen molar-refractivity contribution in [2.75, 3.05) is 26.3 Å². The molecule has 5 rings (SSSR count). The van der Waals surface area contributed by atoms with Crippen molar-refractivity contribution in [1.82, 2.24) is 4.90 Å². The Kier molecular flexibility index (Phi) is 10.6. The first-order chi connectivity index (χ1) is 22.1. The Bertz CT molecular complexity index is 1190. The number of nitrogens with zero attached hydrogens (tertiary/aromatic N) is 1. The van der Waals surface area contributed by atoms with Crippen LogP contribution in [-0.4, -0.2) is 115 Å². The summed E-state index contributed by atoms with van der Waals surface area (Å²) >= 11 is 0. The molecule has 13 nitrogen and oxygen atoms in total. The van der Waals surface area contributed by atoms with E-state index in [-0.39, 0.29) is 23.8 Å². The minimum atomic E-state index is -1.29. The highest BCUT2D eigenvalue weighted by atomic mass is 16.8. The minimum absolute atomic E-state index is 0.0558. The molecule has 2 bridgehead atoms. The van der Waals surface area contributed by atoms with E-state index in [9.17, 15) is 19.2 Å². The summed E-state index contributed by atoms with van der Waals surface area (Å²) in [7, 11) is 0. The van der Waals surface area contributed by atoms with Crippen LogP contribution < -0.4 is 0 Å². The molecule has 47 heavy (non-hydrogen) atoms. The summed E-state index contributed by atoms with van der Waals surface area (Å²) in [5.41, 5.74) is -2.29. The van der Waals surface area contributed by atoms with Gasteiger partial charge >= 0.3 is 18.1 Å². The van der Waals surface area contributed by atoms with Crippen molar-refractivity contribution < 1.29 is 57.1 Å². The van der Waals surface area contributed by atoms with Gasteiger partial charge in [0.2, 0.25) is 0 Å². The average molecular weight is 668 g/mol. The topological polar surface area (TPSA) is 145 Å². The predicted molar refractivity (Wildman–Crippen MR) is 165 cm³/mol. The van der Waals surface area contributed by atoms with Crippen LogP contribution in [0, 0.1) is 23.7 Å². The number of cyclic esters (lactones) is 3. The summed E-state index contributed by atoms with van der Waals surface area (Å²) < 4.78 is 48.9. The maximum atomic E-state index is 14.1. The molecular formula is C34H53NO12. The molecule has 0 aromatic rings. The molecule has 14 atom stereocenters. The lowest BCUT2D eigenvalue weighted by atomic mass is 9.76. The van der Waals surface area contributed by atoms with E-state index in [0.29, 0.717) is 45.6 Å². The Balaban J connectivity index is 1.51. The number of Topliss-reactive ketones (excluding diaryl/α,β-unsaturated/α-hetero) is 1. The highest BCUT2D eigenvalue weighted by molar-refractivity contribution is 6.00. The highest BCUT2D eigenvalue weighted by Crippen LogP contribution is 2.48. The fourth-order valence-corrected chi connectivity index (χ4v) is 8.73. The molecule has 0 amide bonds. The van der Waals surface area contributed by atoms with Crippen molar-refractivity contribution in [1.29, 1.82) is 0 Å². The molecule has 0 radical (unpaired) electrons. The van der Waals surface area contributed by atoms with Crippen molar-refractivity contribution in [3.05, 3.63) is 0 Å². The van der Waals surface area contributed by atoms with Crippen molar-refractivity contribution in [2.24, 2.45) is 23.7 Å². The monoisotopic (exact) mass is 667 g/mol. The van der Waals surface area contributed by atoms with Gasteiger partial charge in [-0.05, 0) is 52.9 Å². The summed E-state index contributed by atoms with van der Waals surface area (Å²) in [6.07, 6.45) is -4.16. The molecule has 0 spiro atoms. The fraction of sp³-hybridized carbons (Fsp3) is 0.882. The first-order valence-electron chi connectivity index (χ1n) is 17.2. The van der Waals surface area contributed by atoms with Gasteiger partial charge in [-0.15, -0.1) is 0 Å². The van der Waals surface area contributed by atoms with E-state index in [0.717, 1.165) is 0 Å². The molecule has 266 valence electrons. The Labute approximate surface area is 277 Å². The Morgan fingerprint density at radius 3 is 2.34 bits per heavy atom. The summed E-state index contributed by atoms with van der Waals surface area (Å²) in [6.45, 7) is 18.5. The van der Waals surface area contributed by atoms with Gasteiger partial charge in [0.15, 0.2) is 23.8 Å². The van der Waals surface area contributed by atoms with E-state index >= 15 is 0 Å². The van der Waals surface area contributed by atoms with Crippen LogP contribution in [0.5, 0.6) is 0 Å². The van der Waals surface area contributed by atoms with Gasteiger partial charge in [-0.1, -0.05) is 27.7 Å². The highest BCUT2D eigenvalue weighted by Gasteiger charge is 2.61. The van der Waals surface area contributed by atoms with Gasteiger partial charge in [-0.25, -0.2) is 4.79 Å². The quantitative estimate of drug-likeness (QED) is 0.232. The number of esters is 2. The van der Waals surface area contributed by atoms with Crippen LogP contribution in [0.1, 0.15) is 81.6 Å². The van der Waals surface area contributed by atoms with Crippen LogP contribution in [0.4, 0.5) is 4.79 Å². The van der Waals surface area contributed by atoms with Crippen molar-refractivity contribution >= 4 is 23.9 Å². The second-order valence-corrected chi connectivity index (χ2v) is 14.7. The van der Waals surface area contributed by atoms with Crippen LogP contribution in [-0.2, 0) is 52.3 Å². The number of hydrogen-bond acceptors (Lipinski definition) is 13. The molecule has 13 heteroatoms. The molecule has 0 aromatic heterocycles. The fourth-order valence-electron chi connectivity index (χ4n) is 8.73. The lowest BCUT2D eigenvalue weighted by molar-refractivity contribution is -0.300. The third-order valence-corrected chi connectivity index (χ3v) is 11.0. The molecule has 0 aromatic carbocycles. The predicted octanol–water partition coefficient (Wildman–Crippen LogP) is 3.43. The van der Waals surface area contributed by atoms with Gasteiger partial charge in [0, 0.05) is 31.8 Å². The van der Waals surface area contributed by atoms with Gasteiger partial charge in [-0.2, -0.15) is 0 Å². The number of ketones is 1. The Morgan fingerprint density at radius 1 is 1.02 bits per heavy atom. The van der Waals surface area contributed by atoms with Crippen molar-refractivity contribution in [2.45, 2.75) is 142 Å². The van der Waals surface area contributed by atoms with Crippen LogP contribution in [0.15, 0.2) is 0 Å². The second-order valence-electron chi connectivity index (χ2n) is 14.7. The maximum Gasteiger partial charge on any atom is 0.509 e. The largest absolute Gasteiger partial charge is 0.509 e. The standard InChI is InChI=1S/C34H53NO12/c1-10-24-34(9,47-32(39)43-24)29-21(6)26-17(2)16-33(8,46-26)28(19(4)25(37)20(5)30(38)44-29)45-31-27(42-22(7)36)23(15-18(3)41-31)35-11-13-40-14-12-35/h17-21,23-24,26-29,31H,10-16H2,1-9H3/t17?,18?,19-,20+,21-,23?,24+,26?,27?,28+,29+,31-,33-,34+/m0/s1. The molecule has 5 aliphatic rings. The maximum absolute atomic E-state index is 14.1. The van der Waals surface area contributed by atoms with Crippen LogP contribution in [0.2, 0.25) is 0 Å². The average Bonchev–Trinajstić information content (AvgIpc) is 3.51. The van der Waals surface area contributed by atoms with Gasteiger partial charge in [0.05, 0.1) is 43.2 Å². The van der Waals surface area contributed by atoms with Gasteiger partial charge in [0.1, 0.15) is 18.1 Å². The van der Waals surface area contributed by atoms with Crippen molar-refractivity contribution in [3.8, 4) is 0 Å². The summed E-state index contributed by atoms with van der Waals surface area (Å²) in [6, 6.07) is -0.187. The van der Waals surface area contributed by atoms with Crippen molar-refractivity contribution in [3.63, 3.8) is 0 Å². The third kappa shape index (κ3) is 6.92. The SMILES string of the molecule is CC[C@H]1OC(=O)O[C@@]1(C)[C@@H]1OC(=O)[C@H](C)C(=O)[C@H](C)[C@@H](O[C@@H]2OC(C)CC(N3CCOCC3)C2OC(C)=O)[C@]2(C)CC(C)C(O2)[C@@H]1C. The number of rotatable bonds is 6. The molecule has 5 fully saturated rings. The molecule has 5 saturated heterocycles. The van der Waals surface area contributed by atoms with Crippen LogP contribution >= 0.6 is 0 Å². The lowest BCUT2D eigenvalue weighted by Crippen LogP contribution is -2.61. The first-order valence-corrected chi connectivity index (χ1v) is 17.2. The van der Waals surface area contributed by atoms with E-state index in [1.165, 1.54) is 13.8 Å². The molecule has 0 saturated carbocycles.